The summed E-state index contributed by atoms with van der Waals surface area (Å²) in [5, 5.41) is 0. The van der Waals surface area contributed by atoms with Crippen molar-refractivity contribution in [3.05, 3.63) is 65.7 Å². The first-order chi connectivity index (χ1) is 16.8. The topological polar surface area (TPSA) is 84.0 Å². The van der Waals surface area contributed by atoms with E-state index in [-0.39, 0.29) is 60.1 Å². The molecule has 0 unspecified atom stereocenters. The van der Waals surface area contributed by atoms with Gasteiger partial charge in [0.25, 0.3) is 0 Å². The van der Waals surface area contributed by atoms with E-state index < -0.39 is 11.9 Å². The minimum absolute atomic E-state index is 0.0771. The van der Waals surface area contributed by atoms with Crippen LogP contribution in [-0.4, -0.2) is 30.2 Å². The Bertz CT molecular complexity index is 1260. The Morgan fingerprint density at radius 1 is 0.886 bits per heavy atom. The van der Waals surface area contributed by atoms with Crippen LogP contribution in [0.1, 0.15) is 24.0 Å². The van der Waals surface area contributed by atoms with E-state index in [1.54, 1.807) is 29.2 Å². The number of fused-ring (bicyclic) bond motifs is 5. The lowest BCUT2D eigenvalue weighted by atomic mass is 9.85. The van der Waals surface area contributed by atoms with Gasteiger partial charge in [-0.3, -0.25) is 19.2 Å². The zero-order chi connectivity index (χ0) is 24.4. The smallest absolute Gasteiger partial charge is 0.316 e. The van der Waals surface area contributed by atoms with Crippen molar-refractivity contribution in [1.29, 1.82) is 0 Å². The van der Waals surface area contributed by atoms with E-state index in [1.165, 1.54) is 4.90 Å². The van der Waals surface area contributed by atoms with Crippen molar-refractivity contribution in [2.24, 2.45) is 29.6 Å². The number of benzene rings is 2. The molecule has 35 heavy (non-hydrogen) atoms. The van der Waals surface area contributed by atoms with Gasteiger partial charge in [0, 0.05) is 24.7 Å². The summed E-state index contributed by atoms with van der Waals surface area (Å²) in [6.07, 6.45) is 5.07. The van der Waals surface area contributed by atoms with Crippen LogP contribution in [0.5, 0.6) is 5.75 Å². The van der Waals surface area contributed by atoms with Crippen molar-refractivity contribution in [2.45, 2.75) is 26.7 Å². The quantitative estimate of drug-likeness (QED) is 0.295. The lowest BCUT2D eigenvalue weighted by molar-refractivity contribution is -0.139. The highest BCUT2D eigenvalue weighted by Crippen LogP contribution is 2.53. The molecule has 5 atom stereocenters. The Labute approximate surface area is 203 Å². The van der Waals surface area contributed by atoms with Crippen LogP contribution in [-0.2, 0) is 19.2 Å². The summed E-state index contributed by atoms with van der Waals surface area (Å²) in [6.45, 7) is 4.20. The van der Waals surface area contributed by atoms with Crippen molar-refractivity contribution in [2.75, 3.05) is 16.3 Å². The number of hydrogen-bond donors (Lipinski definition) is 0. The Kier molecular flexibility index (Phi) is 4.91. The highest BCUT2D eigenvalue weighted by atomic mass is 16.5. The van der Waals surface area contributed by atoms with E-state index in [0.29, 0.717) is 5.69 Å². The number of ether oxygens (including phenoxy) is 1. The van der Waals surface area contributed by atoms with Gasteiger partial charge in [-0.05, 0) is 67.5 Å². The molecule has 7 heteroatoms. The Balaban J connectivity index is 1.17. The van der Waals surface area contributed by atoms with Gasteiger partial charge in [-0.1, -0.05) is 24.3 Å². The number of carbonyl (C=O) groups is 4. The van der Waals surface area contributed by atoms with Gasteiger partial charge in [0.15, 0.2) is 0 Å². The molecule has 0 radical (unpaired) electrons. The van der Waals surface area contributed by atoms with Gasteiger partial charge < -0.3 is 9.64 Å². The normalized spacial score (nSPS) is 28.9. The zero-order valence-corrected chi connectivity index (χ0v) is 19.6. The molecule has 7 nitrogen and oxygen atoms in total. The van der Waals surface area contributed by atoms with Crippen LogP contribution in [0.25, 0.3) is 0 Å². The second-order valence-electron chi connectivity index (χ2n) is 10.2. The Morgan fingerprint density at radius 2 is 1.54 bits per heavy atom. The number of hydrogen-bond acceptors (Lipinski definition) is 5. The molecule has 0 N–H and O–H groups in total. The van der Waals surface area contributed by atoms with Crippen LogP contribution < -0.4 is 14.5 Å². The van der Waals surface area contributed by atoms with Crippen LogP contribution in [0.3, 0.4) is 0 Å². The number of allylic oxidation sites excluding steroid dienone is 2. The predicted octanol–water partition coefficient (Wildman–Crippen LogP) is 3.57. The monoisotopic (exact) mass is 470 g/mol. The minimum atomic E-state index is -0.594. The molecule has 2 bridgehead atoms. The van der Waals surface area contributed by atoms with Crippen molar-refractivity contribution in [1.82, 2.24) is 0 Å². The number of anilines is 2. The molecule has 3 amide bonds. The third kappa shape index (κ3) is 3.49. The van der Waals surface area contributed by atoms with Crippen LogP contribution in [0.15, 0.2) is 54.6 Å². The van der Waals surface area contributed by atoms with E-state index in [0.717, 1.165) is 23.2 Å². The number of imide groups is 1. The molecule has 3 fully saturated rings. The Hall–Kier alpha value is -3.74. The maximum Gasteiger partial charge on any atom is 0.316 e. The van der Waals surface area contributed by atoms with Gasteiger partial charge in [0.1, 0.15) is 5.75 Å². The maximum absolute atomic E-state index is 13.1. The number of amides is 3. The van der Waals surface area contributed by atoms with Gasteiger partial charge >= 0.3 is 5.97 Å². The molecule has 4 aliphatic rings. The summed E-state index contributed by atoms with van der Waals surface area (Å²) in [7, 11) is 0. The van der Waals surface area contributed by atoms with Crippen molar-refractivity contribution in [3.63, 3.8) is 0 Å². The highest BCUT2D eigenvalue weighted by Gasteiger charge is 2.59. The first kappa shape index (κ1) is 21.8. The van der Waals surface area contributed by atoms with Crippen LogP contribution in [0.4, 0.5) is 11.4 Å². The van der Waals surface area contributed by atoms with Crippen molar-refractivity contribution < 1.29 is 23.9 Å². The standard InChI is InChI=1S/C28H26N2O5/c1-15-8-16(2)10-21(9-15)29-14-19(12-23(29)31)28(34)35-22-5-3-4-20(13-22)30-26(32)24-17-6-7-18(11-17)25(24)27(30)33/h3-10,13,17-19,24-25H,11-12,14H2,1-2H3/t17-,18-,19+,24-,25-/m0/s1. The maximum atomic E-state index is 13.1. The van der Waals surface area contributed by atoms with Crippen molar-refractivity contribution >= 4 is 35.1 Å². The lowest BCUT2D eigenvalue weighted by Gasteiger charge is -2.19. The number of nitrogens with zero attached hydrogens (tertiary/aromatic N) is 2. The fourth-order valence-corrected chi connectivity index (χ4v) is 6.26. The molecule has 6 rings (SSSR count). The van der Waals surface area contributed by atoms with E-state index in [1.807, 2.05) is 32.0 Å². The molecule has 2 aromatic rings. The molecule has 178 valence electrons. The summed E-state index contributed by atoms with van der Waals surface area (Å²) in [5.74, 6) is -1.62. The summed E-state index contributed by atoms with van der Waals surface area (Å²) in [6, 6.07) is 12.4. The number of rotatable bonds is 4. The van der Waals surface area contributed by atoms with Crippen molar-refractivity contribution in [3.8, 4) is 5.75 Å². The van der Waals surface area contributed by atoms with E-state index >= 15 is 0 Å². The first-order valence-electron chi connectivity index (χ1n) is 12.1. The van der Waals surface area contributed by atoms with E-state index in [4.69, 9.17) is 4.74 Å². The summed E-state index contributed by atoms with van der Waals surface area (Å²) in [4.78, 5) is 54.7. The lowest BCUT2D eigenvalue weighted by Crippen LogP contribution is -2.32. The van der Waals surface area contributed by atoms with E-state index in [2.05, 4.69) is 12.2 Å². The number of esters is 1. The van der Waals surface area contributed by atoms with E-state index in [9.17, 15) is 19.2 Å². The fraction of sp³-hybridized carbons (Fsp3) is 0.357. The molecule has 2 aliphatic heterocycles. The molecule has 2 aliphatic carbocycles. The molecule has 2 aromatic carbocycles. The SMILES string of the molecule is Cc1cc(C)cc(N2C[C@H](C(=O)Oc3cccc(N4C(=O)[C@@H]5[C@@H](C4=O)[C@H]4C=C[C@H]5C4)c3)CC2=O)c1. The first-order valence-corrected chi connectivity index (χ1v) is 12.1. The van der Waals surface area contributed by atoms with Crippen LogP contribution >= 0.6 is 0 Å². The number of aryl methyl sites for hydroxylation is 2. The molecule has 2 heterocycles. The van der Waals surface area contributed by atoms with Gasteiger partial charge in [0.2, 0.25) is 17.7 Å². The third-order valence-electron chi connectivity index (χ3n) is 7.74. The molecule has 1 saturated carbocycles. The second kappa shape index (κ2) is 7.90. The average molecular weight is 471 g/mol. The largest absolute Gasteiger partial charge is 0.426 e. The van der Waals surface area contributed by atoms with Crippen LogP contribution in [0.2, 0.25) is 0 Å². The van der Waals surface area contributed by atoms with Gasteiger partial charge in [-0.15, -0.1) is 0 Å². The van der Waals surface area contributed by atoms with Gasteiger partial charge in [0.05, 0.1) is 23.4 Å². The molecule has 2 saturated heterocycles. The summed E-state index contributed by atoms with van der Waals surface area (Å²) in [5.41, 5.74) is 3.30. The van der Waals surface area contributed by atoms with Crippen LogP contribution in [0, 0.1) is 43.4 Å². The second-order valence-corrected chi connectivity index (χ2v) is 10.2. The predicted molar refractivity (Wildman–Crippen MR) is 129 cm³/mol. The summed E-state index contributed by atoms with van der Waals surface area (Å²) < 4.78 is 5.62. The van der Waals surface area contributed by atoms with Gasteiger partial charge in [-0.25, -0.2) is 4.90 Å². The average Bonchev–Trinajstić information content (AvgIpc) is 3.57. The van der Waals surface area contributed by atoms with Gasteiger partial charge in [-0.2, -0.15) is 0 Å². The molecule has 0 aromatic heterocycles. The molecule has 0 spiro atoms. The molecular formula is C28H26N2O5. The summed E-state index contributed by atoms with van der Waals surface area (Å²) >= 11 is 0. The third-order valence-corrected chi connectivity index (χ3v) is 7.74. The minimum Gasteiger partial charge on any atom is -0.426 e. The molecular weight excluding hydrogens is 444 g/mol. The number of carbonyl (C=O) groups excluding carboxylic acids is 4. The fourth-order valence-electron chi connectivity index (χ4n) is 6.26. The zero-order valence-electron chi connectivity index (χ0n) is 19.6. The highest BCUT2D eigenvalue weighted by molar-refractivity contribution is 6.22. The Morgan fingerprint density at radius 3 is 2.20 bits per heavy atom.